The monoisotopic (exact) mass is 412 g/mol. The van der Waals surface area contributed by atoms with Gasteiger partial charge in [-0.05, 0) is 29.8 Å². The molecule has 2 aromatic carbocycles. The quantitative estimate of drug-likeness (QED) is 0.557. The molecule has 0 atom stereocenters. The molecule has 1 aliphatic rings. The number of benzene rings is 2. The van der Waals surface area contributed by atoms with Gasteiger partial charge in [0.15, 0.2) is 0 Å². The first-order valence-electron chi connectivity index (χ1n) is 7.62. The second-order valence-corrected chi connectivity index (χ2v) is 7.46. The molecule has 1 fully saturated rings. The molecule has 0 N–H and O–H groups in total. The average molecular weight is 413 g/mol. The van der Waals surface area contributed by atoms with Crippen LogP contribution in [-0.2, 0) is 11.3 Å². The zero-order chi connectivity index (χ0) is 17.6. The van der Waals surface area contributed by atoms with Gasteiger partial charge in [0.05, 0.1) is 16.9 Å². The molecular formula is C19H13BrN2O2S. The lowest BCUT2D eigenvalue weighted by Crippen LogP contribution is -2.20. The van der Waals surface area contributed by atoms with E-state index in [0.717, 1.165) is 20.9 Å². The van der Waals surface area contributed by atoms with Crippen molar-refractivity contribution >= 4 is 54.6 Å². The number of fused-ring (bicyclic) bond motifs is 1. The van der Waals surface area contributed by atoms with Crippen molar-refractivity contribution in [3.05, 3.63) is 77.0 Å². The smallest absolute Gasteiger partial charge is 0.298 e. The Balaban J connectivity index is 1.79. The van der Waals surface area contributed by atoms with Gasteiger partial charge in [-0.2, -0.15) is 0 Å². The van der Waals surface area contributed by atoms with Crippen LogP contribution in [0.5, 0.6) is 0 Å². The van der Waals surface area contributed by atoms with Gasteiger partial charge in [-0.15, -0.1) is 0 Å². The Morgan fingerprint density at radius 1 is 1.04 bits per heavy atom. The third kappa shape index (κ3) is 2.71. The molecule has 1 saturated heterocycles. The summed E-state index contributed by atoms with van der Waals surface area (Å²) in [5.74, 6) is 0. The van der Waals surface area contributed by atoms with Crippen molar-refractivity contribution in [2.45, 2.75) is 6.54 Å². The molecule has 6 heteroatoms. The van der Waals surface area contributed by atoms with Crippen LogP contribution in [0.2, 0.25) is 0 Å². The number of carbonyl (C=O) groups is 2. The van der Waals surface area contributed by atoms with Crippen molar-refractivity contribution in [1.82, 2.24) is 4.57 Å². The Bertz CT molecular complexity index is 1040. The molecule has 4 nitrogen and oxygen atoms in total. The normalized spacial score (nSPS) is 14.8. The van der Waals surface area contributed by atoms with Crippen molar-refractivity contribution in [1.29, 1.82) is 0 Å². The Morgan fingerprint density at radius 3 is 2.56 bits per heavy atom. The Kier molecular flexibility index (Phi) is 4.01. The molecule has 0 aliphatic carbocycles. The number of carbonyl (C=O) groups excluding carboxylic acids is 2. The van der Waals surface area contributed by atoms with Gasteiger partial charge in [0.1, 0.15) is 0 Å². The van der Waals surface area contributed by atoms with Crippen LogP contribution in [0.3, 0.4) is 0 Å². The molecule has 0 unspecified atom stereocenters. The summed E-state index contributed by atoms with van der Waals surface area (Å²) >= 11 is 4.27. The Morgan fingerprint density at radius 2 is 1.84 bits per heavy atom. The molecule has 0 saturated carbocycles. The summed E-state index contributed by atoms with van der Waals surface area (Å²) in [6.07, 6.45) is 1.99. The van der Waals surface area contributed by atoms with Crippen LogP contribution < -0.4 is 4.90 Å². The van der Waals surface area contributed by atoms with E-state index in [1.54, 1.807) is 0 Å². The summed E-state index contributed by atoms with van der Waals surface area (Å²) in [5.41, 5.74) is 3.06. The maximum atomic E-state index is 12.2. The summed E-state index contributed by atoms with van der Waals surface area (Å²) in [7, 11) is 0. The van der Waals surface area contributed by atoms with Gasteiger partial charge >= 0.3 is 0 Å². The number of halogens is 1. The van der Waals surface area contributed by atoms with E-state index in [-0.39, 0.29) is 16.1 Å². The van der Waals surface area contributed by atoms with Crippen molar-refractivity contribution in [2.75, 3.05) is 4.90 Å². The molecule has 4 rings (SSSR count). The lowest BCUT2D eigenvalue weighted by molar-refractivity contribution is -0.107. The van der Waals surface area contributed by atoms with Gasteiger partial charge in [-0.1, -0.05) is 46.8 Å². The summed E-state index contributed by atoms with van der Waals surface area (Å²) in [5, 5.41) is 0.315. The Hall–Kier alpha value is -2.31. The Labute approximate surface area is 157 Å². The van der Waals surface area contributed by atoms with Gasteiger partial charge in [-0.3, -0.25) is 14.5 Å². The number of rotatable bonds is 3. The maximum absolute atomic E-state index is 12.2. The first-order valence-corrected chi connectivity index (χ1v) is 9.23. The minimum absolute atomic E-state index is 0.209. The summed E-state index contributed by atoms with van der Waals surface area (Å²) in [6, 6.07) is 15.8. The first kappa shape index (κ1) is 16.2. The van der Waals surface area contributed by atoms with E-state index in [1.165, 1.54) is 4.90 Å². The van der Waals surface area contributed by atoms with Gasteiger partial charge in [0, 0.05) is 34.4 Å². The van der Waals surface area contributed by atoms with Crippen molar-refractivity contribution in [3.8, 4) is 0 Å². The van der Waals surface area contributed by atoms with Crippen molar-refractivity contribution < 1.29 is 9.59 Å². The van der Waals surface area contributed by atoms with Crippen molar-refractivity contribution in [2.24, 2.45) is 0 Å². The zero-order valence-electron chi connectivity index (χ0n) is 13.1. The van der Waals surface area contributed by atoms with E-state index < -0.39 is 0 Å². The maximum Gasteiger partial charge on any atom is 0.298 e. The molecule has 0 bridgehead atoms. The average Bonchev–Trinajstić information content (AvgIpc) is 3.11. The predicted octanol–water partition coefficient (Wildman–Crippen LogP) is 5.17. The molecular weight excluding hydrogens is 400 g/mol. The third-order valence-corrected chi connectivity index (χ3v) is 5.75. The van der Waals surface area contributed by atoms with Crippen LogP contribution in [0, 0.1) is 0 Å². The number of aromatic nitrogens is 1. The van der Waals surface area contributed by atoms with Crippen LogP contribution in [0.25, 0.3) is 10.9 Å². The van der Waals surface area contributed by atoms with E-state index in [4.69, 9.17) is 0 Å². The predicted molar refractivity (Wildman–Crippen MR) is 105 cm³/mol. The number of amides is 1. The second-order valence-electron chi connectivity index (χ2n) is 5.68. The highest BCUT2D eigenvalue weighted by molar-refractivity contribution is 9.10. The van der Waals surface area contributed by atoms with Gasteiger partial charge in [0.25, 0.3) is 5.24 Å². The van der Waals surface area contributed by atoms with E-state index >= 15 is 0 Å². The van der Waals surface area contributed by atoms with Crippen LogP contribution in [0.15, 0.2) is 71.5 Å². The fourth-order valence-corrected chi connectivity index (χ4v) is 4.06. The lowest BCUT2D eigenvalue weighted by Gasteiger charge is -2.16. The molecule has 0 spiro atoms. The number of hydrogen-bond acceptors (Lipinski definition) is 3. The topological polar surface area (TPSA) is 42.3 Å². The fraction of sp³-hybridized carbons (Fsp3) is 0.0526. The number of thioether (sulfide) groups is 1. The van der Waals surface area contributed by atoms with Crippen LogP contribution in [-0.4, -0.2) is 14.9 Å². The van der Waals surface area contributed by atoms with Crippen LogP contribution in [0.4, 0.5) is 10.5 Å². The summed E-state index contributed by atoms with van der Waals surface area (Å²) < 4.78 is 3.18. The SMILES string of the molecule is C=C1C(=O)SC(=O)N1c1cccc2c1ccn2Cc1ccccc1Br. The van der Waals surface area contributed by atoms with Crippen LogP contribution in [0.1, 0.15) is 5.56 Å². The molecule has 1 aliphatic heterocycles. The van der Waals surface area contributed by atoms with Gasteiger partial charge in [0.2, 0.25) is 5.12 Å². The third-order valence-electron chi connectivity index (χ3n) is 4.20. The highest BCUT2D eigenvalue weighted by atomic mass is 79.9. The van der Waals surface area contributed by atoms with E-state index in [0.29, 0.717) is 24.0 Å². The lowest BCUT2D eigenvalue weighted by atomic mass is 10.2. The van der Waals surface area contributed by atoms with E-state index in [9.17, 15) is 9.59 Å². The second kappa shape index (κ2) is 6.20. The van der Waals surface area contributed by atoms with Gasteiger partial charge in [-0.25, -0.2) is 0 Å². The minimum atomic E-state index is -0.305. The molecule has 3 aromatic rings. The van der Waals surface area contributed by atoms with E-state index in [1.807, 2.05) is 48.7 Å². The number of nitrogens with zero attached hydrogens (tertiary/aromatic N) is 2. The molecule has 1 aromatic heterocycles. The highest BCUT2D eigenvalue weighted by Crippen LogP contribution is 2.37. The van der Waals surface area contributed by atoms with Crippen molar-refractivity contribution in [3.63, 3.8) is 0 Å². The first-order chi connectivity index (χ1) is 12.1. The number of hydrogen-bond donors (Lipinski definition) is 0. The fourth-order valence-electron chi connectivity index (χ4n) is 2.98. The van der Waals surface area contributed by atoms with Gasteiger partial charge < -0.3 is 4.57 Å². The molecule has 25 heavy (non-hydrogen) atoms. The van der Waals surface area contributed by atoms with Crippen LogP contribution >= 0.6 is 27.7 Å². The van der Waals surface area contributed by atoms with E-state index in [2.05, 4.69) is 33.1 Å². The zero-order valence-corrected chi connectivity index (χ0v) is 15.5. The largest absolute Gasteiger partial charge is 0.343 e. The summed E-state index contributed by atoms with van der Waals surface area (Å²) in [4.78, 5) is 25.4. The minimum Gasteiger partial charge on any atom is -0.343 e. The number of anilines is 1. The molecule has 124 valence electrons. The summed E-state index contributed by atoms with van der Waals surface area (Å²) in [6.45, 7) is 4.46. The highest BCUT2D eigenvalue weighted by Gasteiger charge is 2.35. The molecule has 1 amide bonds. The molecule has 2 heterocycles. The standard InChI is InChI=1S/C19H13BrN2O2S/c1-12-18(23)25-19(24)22(12)17-8-4-7-16-14(17)9-10-21(16)11-13-5-2-3-6-15(13)20/h2-10H,1,11H2. The molecule has 0 radical (unpaired) electrons.